The second-order valence-electron chi connectivity index (χ2n) is 5.03. The molecular weight excluding hydrogens is 287 g/mol. The molecule has 0 radical (unpaired) electrons. The van der Waals surface area contributed by atoms with Gasteiger partial charge in [0.15, 0.2) is 0 Å². The van der Waals surface area contributed by atoms with Gasteiger partial charge in [0, 0.05) is 6.04 Å². The highest BCUT2D eigenvalue weighted by Gasteiger charge is 2.08. The first-order valence-corrected chi connectivity index (χ1v) is 7.13. The molecule has 1 N–H and O–H groups in total. The predicted molar refractivity (Wildman–Crippen MR) is 78.6 cm³/mol. The number of nitrogens with zero attached hydrogens (tertiary/aromatic N) is 3. The zero-order valence-corrected chi connectivity index (χ0v) is 12.6. The molecule has 118 valence electrons. The van der Waals surface area contributed by atoms with Crippen LogP contribution in [0.1, 0.15) is 26.0 Å². The molecule has 1 aromatic heterocycles. The number of aromatic nitrogens is 3. The summed E-state index contributed by atoms with van der Waals surface area (Å²) in [5, 5.41) is 10.7. The number of nitrogens with one attached hydrogen (secondary N) is 1. The molecule has 1 amide bonds. The molecule has 0 spiro atoms. The molecule has 6 nitrogen and oxygen atoms in total. The minimum atomic E-state index is -0.314. The summed E-state index contributed by atoms with van der Waals surface area (Å²) in [5.74, 6) is 0.126. The Morgan fingerprint density at radius 2 is 2.14 bits per heavy atom. The van der Waals surface area contributed by atoms with Gasteiger partial charge in [-0.05, 0) is 37.6 Å². The molecule has 7 heteroatoms. The Balaban J connectivity index is 1.83. The van der Waals surface area contributed by atoms with Crippen LogP contribution in [0.4, 0.5) is 4.39 Å². The van der Waals surface area contributed by atoms with Crippen LogP contribution in [-0.2, 0) is 17.9 Å². The summed E-state index contributed by atoms with van der Waals surface area (Å²) in [7, 11) is 0. The average Bonchev–Trinajstić information content (AvgIpc) is 2.93. The minimum absolute atomic E-state index is 0.106. The Morgan fingerprint density at radius 3 is 2.82 bits per heavy atom. The lowest BCUT2D eigenvalue weighted by atomic mass is 10.2. The highest BCUT2D eigenvalue weighted by Crippen LogP contribution is 2.12. The van der Waals surface area contributed by atoms with Gasteiger partial charge in [-0.2, -0.15) is 0 Å². The number of hydrogen-bond acceptors (Lipinski definition) is 4. The number of ether oxygens (including phenoxy) is 1. The van der Waals surface area contributed by atoms with E-state index in [1.807, 2.05) is 13.8 Å². The number of hydrogen-bond donors (Lipinski definition) is 1. The van der Waals surface area contributed by atoms with Gasteiger partial charge < -0.3 is 10.1 Å². The number of carbonyl (C=O) groups is 1. The summed E-state index contributed by atoms with van der Waals surface area (Å²) in [6.07, 6.45) is 2.53. The number of rotatable bonds is 7. The van der Waals surface area contributed by atoms with Gasteiger partial charge >= 0.3 is 0 Å². The first-order chi connectivity index (χ1) is 10.6. The van der Waals surface area contributed by atoms with E-state index in [9.17, 15) is 9.18 Å². The molecule has 0 fully saturated rings. The maximum absolute atomic E-state index is 12.8. The van der Waals surface area contributed by atoms with E-state index in [0.717, 1.165) is 6.42 Å². The third kappa shape index (κ3) is 4.83. The molecule has 1 atom stereocenters. The third-order valence-electron chi connectivity index (χ3n) is 3.11. The maximum atomic E-state index is 12.8. The Labute approximate surface area is 128 Å². The molecule has 0 aliphatic rings. The molecule has 0 aliphatic heterocycles. The largest absolute Gasteiger partial charge is 0.487 e. The quantitative estimate of drug-likeness (QED) is 0.848. The number of benzene rings is 1. The molecule has 22 heavy (non-hydrogen) atoms. The summed E-state index contributed by atoms with van der Waals surface area (Å²) >= 11 is 0. The van der Waals surface area contributed by atoms with Crippen LogP contribution in [-0.4, -0.2) is 26.9 Å². The molecule has 0 aliphatic carbocycles. The van der Waals surface area contributed by atoms with Gasteiger partial charge in [0.2, 0.25) is 5.91 Å². The van der Waals surface area contributed by atoms with Gasteiger partial charge in [0.05, 0.1) is 6.20 Å². The zero-order valence-electron chi connectivity index (χ0n) is 12.6. The highest BCUT2D eigenvalue weighted by atomic mass is 19.1. The van der Waals surface area contributed by atoms with E-state index >= 15 is 0 Å². The van der Waals surface area contributed by atoms with Crippen molar-refractivity contribution >= 4 is 5.91 Å². The summed E-state index contributed by atoms with van der Waals surface area (Å²) in [5.41, 5.74) is 0.598. The zero-order chi connectivity index (χ0) is 15.9. The fraction of sp³-hybridized carbons (Fsp3) is 0.400. The molecule has 0 saturated carbocycles. The summed E-state index contributed by atoms with van der Waals surface area (Å²) in [4.78, 5) is 11.7. The van der Waals surface area contributed by atoms with Crippen LogP contribution in [0.3, 0.4) is 0 Å². The summed E-state index contributed by atoms with van der Waals surface area (Å²) in [6.45, 7) is 4.28. The van der Waals surface area contributed by atoms with E-state index in [4.69, 9.17) is 4.74 Å². The van der Waals surface area contributed by atoms with Crippen molar-refractivity contribution in [3.8, 4) is 5.75 Å². The molecule has 2 aromatic rings. The first-order valence-electron chi connectivity index (χ1n) is 7.13. The van der Waals surface area contributed by atoms with E-state index in [1.165, 1.54) is 16.8 Å². The highest BCUT2D eigenvalue weighted by molar-refractivity contribution is 5.75. The van der Waals surface area contributed by atoms with Gasteiger partial charge in [0.25, 0.3) is 0 Å². The van der Waals surface area contributed by atoms with E-state index in [1.54, 1.807) is 18.3 Å². The molecule has 0 saturated heterocycles. The summed E-state index contributed by atoms with van der Waals surface area (Å²) < 4.78 is 19.7. The van der Waals surface area contributed by atoms with Crippen molar-refractivity contribution < 1.29 is 13.9 Å². The topological polar surface area (TPSA) is 69.0 Å². The maximum Gasteiger partial charge on any atom is 0.242 e. The van der Waals surface area contributed by atoms with Crippen LogP contribution < -0.4 is 10.1 Å². The first kappa shape index (κ1) is 15.9. The lowest BCUT2D eigenvalue weighted by Crippen LogP contribution is -2.34. The van der Waals surface area contributed by atoms with E-state index in [-0.39, 0.29) is 30.9 Å². The molecule has 1 unspecified atom stereocenters. The lowest BCUT2D eigenvalue weighted by molar-refractivity contribution is -0.122. The second kappa shape index (κ2) is 7.53. The number of halogens is 1. The van der Waals surface area contributed by atoms with Gasteiger partial charge in [-0.3, -0.25) is 4.79 Å². The lowest BCUT2D eigenvalue weighted by Gasteiger charge is -2.10. The van der Waals surface area contributed by atoms with Crippen molar-refractivity contribution in [2.75, 3.05) is 0 Å². The fourth-order valence-corrected chi connectivity index (χ4v) is 1.74. The van der Waals surface area contributed by atoms with E-state index in [0.29, 0.717) is 11.4 Å². The number of carbonyl (C=O) groups excluding carboxylic acids is 1. The Hall–Kier alpha value is -2.44. The molecule has 2 rings (SSSR count). The van der Waals surface area contributed by atoms with Gasteiger partial charge in [0.1, 0.15) is 30.4 Å². The van der Waals surface area contributed by atoms with Crippen molar-refractivity contribution in [1.29, 1.82) is 0 Å². The van der Waals surface area contributed by atoms with Crippen molar-refractivity contribution in [1.82, 2.24) is 20.3 Å². The van der Waals surface area contributed by atoms with Gasteiger partial charge in [-0.15, -0.1) is 5.10 Å². The third-order valence-corrected chi connectivity index (χ3v) is 3.11. The van der Waals surface area contributed by atoms with Crippen molar-refractivity contribution in [3.05, 3.63) is 42.0 Å². The van der Waals surface area contributed by atoms with Crippen molar-refractivity contribution in [2.45, 2.75) is 39.5 Å². The van der Waals surface area contributed by atoms with Gasteiger partial charge in [-0.25, -0.2) is 9.07 Å². The molecule has 0 bridgehead atoms. The van der Waals surface area contributed by atoms with Gasteiger partial charge in [-0.1, -0.05) is 12.1 Å². The van der Waals surface area contributed by atoms with Crippen LogP contribution in [0.2, 0.25) is 0 Å². The number of amides is 1. The summed E-state index contributed by atoms with van der Waals surface area (Å²) in [6, 6.07) is 5.87. The van der Waals surface area contributed by atoms with Crippen LogP contribution in [0.15, 0.2) is 30.5 Å². The smallest absolute Gasteiger partial charge is 0.242 e. The van der Waals surface area contributed by atoms with E-state index in [2.05, 4.69) is 15.6 Å². The van der Waals surface area contributed by atoms with Crippen LogP contribution in [0, 0.1) is 5.82 Å². The SMILES string of the molecule is CCC(C)NC(=O)Cn1cc(COc2ccc(F)cc2)nn1. The molecule has 1 aromatic carbocycles. The molecule has 1 heterocycles. The Morgan fingerprint density at radius 1 is 1.41 bits per heavy atom. The normalized spacial score (nSPS) is 12.0. The standard InChI is InChI=1S/C15H19FN4O2/c1-3-11(2)17-15(21)9-20-8-13(18-19-20)10-22-14-6-4-12(16)5-7-14/h4-8,11H,3,9-10H2,1-2H3,(H,17,21). The Kier molecular flexibility index (Phi) is 5.46. The monoisotopic (exact) mass is 306 g/mol. The molecular formula is C15H19FN4O2. The minimum Gasteiger partial charge on any atom is -0.487 e. The van der Waals surface area contributed by atoms with Crippen LogP contribution >= 0.6 is 0 Å². The van der Waals surface area contributed by atoms with Crippen LogP contribution in [0.5, 0.6) is 5.75 Å². The average molecular weight is 306 g/mol. The predicted octanol–water partition coefficient (Wildman–Crippen LogP) is 1.91. The Bertz CT molecular complexity index is 612. The fourth-order valence-electron chi connectivity index (χ4n) is 1.74. The second-order valence-corrected chi connectivity index (χ2v) is 5.03. The van der Waals surface area contributed by atoms with Crippen LogP contribution in [0.25, 0.3) is 0 Å². The van der Waals surface area contributed by atoms with Crippen molar-refractivity contribution in [2.24, 2.45) is 0 Å². The van der Waals surface area contributed by atoms with Crippen molar-refractivity contribution in [3.63, 3.8) is 0 Å². The van der Waals surface area contributed by atoms with E-state index < -0.39 is 0 Å².